The van der Waals surface area contributed by atoms with Gasteiger partial charge in [-0.2, -0.15) is 0 Å². The fourth-order valence-electron chi connectivity index (χ4n) is 10.4. The molecule has 55 heavy (non-hydrogen) atoms. The zero-order valence-electron chi connectivity index (χ0n) is 32.4. The third-order valence-electron chi connectivity index (χ3n) is 13.2. The molecule has 9 rings (SSSR count). The van der Waals surface area contributed by atoms with Crippen LogP contribution in [0.25, 0.3) is 11.1 Å². The van der Waals surface area contributed by atoms with Crippen molar-refractivity contribution in [1.82, 2.24) is 15.5 Å². The fourth-order valence-corrected chi connectivity index (χ4v) is 10.4. The van der Waals surface area contributed by atoms with Crippen LogP contribution >= 0.6 is 0 Å². The van der Waals surface area contributed by atoms with Gasteiger partial charge in [0.2, 0.25) is 0 Å². The Morgan fingerprint density at radius 3 is 2.13 bits per heavy atom. The highest BCUT2D eigenvalue weighted by Gasteiger charge is 2.51. The molecule has 0 spiro atoms. The van der Waals surface area contributed by atoms with E-state index in [1.165, 1.54) is 19.3 Å². The number of benzene rings is 4. The number of urea groups is 1. The molecule has 8 nitrogen and oxygen atoms in total. The number of nitrogens with one attached hydrogen (secondary N) is 2. The molecule has 0 radical (unpaired) electrons. The van der Waals surface area contributed by atoms with Gasteiger partial charge in [-0.15, -0.1) is 0 Å². The molecule has 4 bridgehead atoms. The number of amides is 2. The first-order valence-electron chi connectivity index (χ1n) is 20.3. The summed E-state index contributed by atoms with van der Waals surface area (Å²) in [4.78, 5) is 15.3. The number of aliphatic hydroxyl groups excluding tert-OH is 2. The fraction of sp³-hybridized carbons (Fsp3) is 0.468. The van der Waals surface area contributed by atoms with Crippen LogP contribution in [0.2, 0.25) is 0 Å². The maximum Gasteiger partial charge on any atom is 0.315 e. The number of likely N-dealkylation sites (N-methyl/N-ethyl adjacent to an activating group) is 1. The first-order chi connectivity index (χ1) is 26.6. The van der Waals surface area contributed by atoms with Crippen LogP contribution in [0.15, 0.2) is 103 Å². The van der Waals surface area contributed by atoms with E-state index in [4.69, 9.17) is 9.47 Å². The zero-order chi connectivity index (χ0) is 38.1. The molecule has 290 valence electrons. The van der Waals surface area contributed by atoms with E-state index in [0.717, 1.165) is 76.0 Å². The molecular formula is C47H57N3O5. The quantitative estimate of drug-likeness (QED) is 0.116. The molecule has 5 fully saturated rings. The number of aliphatic hydroxyl groups is 2. The average molecular weight is 744 g/mol. The monoisotopic (exact) mass is 743 g/mol. The van der Waals surface area contributed by atoms with Gasteiger partial charge in [-0.25, -0.2) is 4.79 Å². The van der Waals surface area contributed by atoms with Crippen LogP contribution in [0.3, 0.4) is 0 Å². The maximum absolute atomic E-state index is 13.1. The average Bonchev–Trinajstić information content (AvgIpc) is 3.20. The molecule has 2 amide bonds. The smallest absolute Gasteiger partial charge is 0.315 e. The number of carbonyl (C=O) groups is 1. The van der Waals surface area contributed by atoms with E-state index in [2.05, 4.69) is 71.0 Å². The van der Waals surface area contributed by atoms with Crippen molar-refractivity contribution in [2.75, 3.05) is 13.6 Å². The second-order valence-electron chi connectivity index (χ2n) is 17.2. The van der Waals surface area contributed by atoms with Crippen molar-refractivity contribution in [3.63, 3.8) is 0 Å². The molecule has 4 aromatic rings. The Bertz CT molecular complexity index is 1860. The summed E-state index contributed by atoms with van der Waals surface area (Å²) in [5.74, 6) is 2.39. The number of ether oxygens (including phenoxy) is 2. The minimum absolute atomic E-state index is 0.00396. The molecule has 8 heteroatoms. The Morgan fingerprint density at radius 1 is 0.818 bits per heavy atom. The molecule has 1 aliphatic heterocycles. The molecular weight excluding hydrogens is 687 g/mol. The largest absolute Gasteiger partial charge is 0.392 e. The summed E-state index contributed by atoms with van der Waals surface area (Å²) >= 11 is 0. The minimum atomic E-state index is -0.635. The SMILES string of the molecule is C[C@H]1[C@@H](CN(C)[C@@H](C)[C@H](O)c2ccccc2)O[C@@H](c2ccc(-c3cccc(CNC(=O)NC45CC6CC(CC(C6)C4)C5)c3)cc2)O[C@H]1c1ccc(CO)cc1. The van der Waals surface area contributed by atoms with Gasteiger partial charge in [-0.1, -0.05) is 104 Å². The van der Waals surface area contributed by atoms with E-state index in [1.54, 1.807) is 0 Å². The molecule has 0 unspecified atom stereocenters. The Labute approximate surface area is 326 Å². The van der Waals surface area contributed by atoms with Gasteiger partial charge in [-0.3, -0.25) is 4.90 Å². The van der Waals surface area contributed by atoms with Crippen molar-refractivity contribution < 1.29 is 24.5 Å². The lowest BCUT2D eigenvalue weighted by molar-refractivity contribution is -0.276. The predicted molar refractivity (Wildman–Crippen MR) is 215 cm³/mol. The Balaban J connectivity index is 0.942. The van der Waals surface area contributed by atoms with Crippen molar-refractivity contribution in [3.8, 4) is 11.1 Å². The van der Waals surface area contributed by atoms with Crippen LogP contribution < -0.4 is 10.6 Å². The van der Waals surface area contributed by atoms with Crippen molar-refractivity contribution in [2.24, 2.45) is 23.7 Å². The van der Waals surface area contributed by atoms with E-state index in [9.17, 15) is 15.0 Å². The molecule has 4 aromatic carbocycles. The lowest BCUT2D eigenvalue weighted by Crippen LogP contribution is -2.61. The van der Waals surface area contributed by atoms with Gasteiger partial charge in [-0.05, 0) is 110 Å². The molecule has 5 aliphatic rings. The van der Waals surface area contributed by atoms with Crippen molar-refractivity contribution in [1.29, 1.82) is 0 Å². The lowest BCUT2D eigenvalue weighted by atomic mass is 9.53. The summed E-state index contributed by atoms with van der Waals surface area (Å²) in [6.07, 6.45) is 5.85. The van der Waals surface area contributed by atoms with Crippen LogP contribution in [0.1, 0.15) is 98.7 Å². The van der Waals surface area contributed by atoms with Gasteiger partial charge < -0.3 is 30.3 Å². The second kappa shape index (κ2) is 16.2. The highest BCUT2D eigenvalue weighted by Crippen LogP contribution is 2.55. The highest BCUT2D eigenvalue weighted by molar-refractivity contribution is 5.75. The van der Waals surface area contributed by atoms with Gasteiger partial charge in [0.1, 0.15) is 0 Å². The van der Waals surface area contributed by atoms with Gasteiger partial charge in [0.05, 0.1) is 24.9 Å². The number of hydrogen-bond donors (Lipinski definition) is 4. The topological polar surface area (TPSA) is 103 Å². The third-order valence-corrected chi connectivity index (χ3v) is 13.2. The molecule has 6 atom stereocenters. The standard InChI is InChI=1S/C47H57N3O5/c1-30-42(28-50(3)31(2)43(52)38-9-5-4-6-10-38)54-45(55-44(30)39-14-12-32(29-51)13-15-39)40-18-16-37(17-19-40)41-11-7-8-33(23-41)27-48-46(53)49-47-24-34-20-35(25-47)22-36(21-34)26-47/h4-19,23,30-31,34-36,42-45,51-52H,20-22,24-29H2,1-3H3,(H2,48,49,53)/t30-,31-,34?,35?,36?,42+,43-,44+,45+,47?/m0/s1. The van der Waals surface area contributed by atoms with Crippen molar-refractivity contribution in [3.05, 3.63) is 131 Å². The van der Waals surface area contributed by atoms with Crippen molar-refractivity contribution in [2.45, 2.75) is 102 Å². The summed E-state index contributed by atoms with van der Waals surface area (Å²) in [5.41, 5.74) is 6.93. The van der Waals surface area contributed by atoms with Crippen LogP contribution in [0.5, 0.6) is 0 Å². The van der Waals surface area contributed by atoms with Crippen molar-refractivity contribution >= 4 is 6.03 Å². The molecule has 1 heterocycles. The number of nitrogens with zero attached hydrogens (tertiary/aromatic N) is 1. The first kappa shape index (κ1) is 37.9. The molecule has 0 aromatic heterocycles. The highest BCUT2D eigenvalue weighted by atomic mass is 16.7. The van der Waals surface area contributed by atoms with Crippen LogP contribution in [0.4, 0.5) is 4.79 Å². The third kappa shape index (κ3) is 8.40. The van der Waals surface area contributed by atoms with E-state index >= 15 is 0 Å². The molecule has 4 aliphatic carbocycles. The van der Waals surface area contributed by atoms with Crippen LogP contribution in [-0.2, 0) is 22.6 Å². The number of hydrogen-bond acceptors (Lipinski definition) is 6. The summed E-state index contributed by atoms with van der Waals surface area (Å²) in [6.45, 7) is 5.28. The summed E-state index contributed by atoms with van der Waals surface area (Å²) in [5, 5.41) is 27.5. The van der Waals surface area contributed by atoms with E-state index in [0.29, 0.717) is 13.1 Å². The minimum Gasteiger partial charge on any atom is -0.392 e. The normalized spacial score (nSPS) is 29.5. The predicted octanol–water partition coefficient (Wildman–Crippen LogP) is 8.46. The molecule has 4 saturated carbocycles. The van der Waals surface area contributed by atoms with E-state index in [1.807, 2.05) is 68.6 Å². The summed E-state index contributed by atoms with van der Waals surface area (Å²) < 4.78 is 13.5. The van der Waals surface area contributed by atoms with Gasteiger partial charge in [0.15, 0.2) is 6.29 Å². The van der Waals surface area contributed by atoms with Gasteiger partial charge in [0.25, 0.3) is 0 Å². The molecule has 1 saturated heterocycles. The van der Waals surface area contributed by atoms with Gasteiger partial charge >= 0.3 is 6.03 Å². The van der Waals surface area contributed by atoms with E-state index in [-0.39, 0.29) is 42.3 Å². The first-order valence-corrected chi connectivity index (χ1v) is 20.3. The maximum atomic E-state index is 13.1. The summed E-state index contributed by atoms with van der Waals surface area (Å²) in [6, 6.07) is 34.3. The van der Waals surface area contributed by atoms with E-state index < -0.39 is 12.4 Å². The lowest BCUT2D eigenvalue weighted by Gasteiger charge is -2.56. The Kier molecular flexibility index (Phi) is 11.2. The van der Waals surface area contributed by atoms with Gasteiger partial charge in [0, 0.05) is 36.2 Å². The Morgan fingerprint density at radius 2 is 1.47 bits per heavy atom. The number of rotatable bonds is 12. The zero-order valence-corrected chi connectivity index (χ0v) is 32.4. The number of carbonyl (C=O) groups excluding carboxylic acids is 1. The Hall–Kier alpha value is -4.05. The second-order valence-corrected chi connectivity index (χ2v) is 17.2. The van der Waals surface area contributed by atoms with Crippen LogP contribution in [-0.4, -0.2) is 52.4 Å². The molecule has 4 N–H and O–H groups in total. The summed E-state index contributed by atoms with van der Waals surface area (Å²) in [7, 11) is 2.04. The van der Waals surface area contributed by atoms with Crippen LogP contribution in [0, 0.1) is 23.7 Å².